The van der Waals surface area contributed by atoms with Crippen molar-refractivity contribution in [1.29, 1.82) is 0 Å². The molecule has 2 aromatic rings. The van der Waals surface area contributed by atoms with E-state index in [0.29, 0.717) is 19.0 Å². The Kier molecular flexibility index (Phi) is 4.89. The maximum atomic E-state index is 12.0. The molecular weight excluding hydrogens is 284 g/mol. The summed E-state index contributed by atoms with van der Waals surface area (Å²) >= 11 is 0. The van der Waals surface area contributed by atoms with Gasteiger partial charge in [0, 0.05) is 25.6 Å². The largest absolute Gasteiger partial charge is 0.352 e. The molecule has 0 aliphatic carbocycles. The minimum absolute atomic E-state index is 0.0519. The van der Waals surface area contributed by atoms with Crippen LogP contribution in [0.4, 0.5) is 0 Å². The van der Waals surface area contributed by atoms with Gasteiger partial charge in [0.1, 0.15) is 0 Å². The van der Waals surface area contributed by atoms with Crippen LogP contribution in [0.1, 0.15) is 22.6 Å². The standard InChI is InChI=1S/C20H22N2O/c1-2-12-21-20(23)15-22-13-17-10-6-7-11-18(17)19(14-22)16-8-4-3-5-9-16/h2-11,19H,1,12-15H2,(H,21,23)/t19-/m0/s1. The van der Waals surface area contributed by atoms with Gasteiger partial charge in [-0.25, -0.2) is 0 Å². The second kappa shape index (κ2) is 7.25. The van der Waals surface area contributed by atoms with Crippen LogP contribution in [0.25, 0.3) is 0 Å². The van der Waals surface area contributed by atoms with E-state index in [1.165, 1.54) is 16.7 Å². The van der Waals surface area contributed by atoms with Crippen molar-refractivity contribution >= 4 is 5.91 Å². The van der Waals surface area contributed by atoms with Gasteiger partial charge in [-0.3, -0.25) is 9.69 Å². The van der Waals surface area contributed by atoms with Gasteiger partial charge in [0.2, 0.25) is 5.91 Å². The second-order valence-corrected chi connectivity index (χ2v) is 5.92. The molecule has 3 rings (SSSR count). The van der Waals surface area contributed by atoms with E-state index >= 15 is 0 Å². The lowest BCUT2D eigenvalue weighted by Gasteiger charge is -2.34. The molecular formula is C20H22N2O. The maximum absolute atomic E-state index is 12.0. The molecule has 1 amide bonds. The monoisotopic (exact) mass is 306 g/mol. The van der Waals surface area contributed by atoms with Gasteiger partial charge in [-0.05, 0) is 16.7 Å². The molecule has 3 nitrogen and oxygen atoms in total. The van der Waals surface area contributed by atoms with Gasteiger partial charge in [0.05, 0.1) is 6.54 Å². The van der Waals surface area contributed by atoms with E-state index in [2.05, 4.69) is 65.3 Å². The second-order valence-electron chi connectivity index (χ2n) is 5.92. The molecule has 0 unspecified atom stereocenters. The molecule has 1 aliphatic heterocycles. The lowest BCUT2D eigenvalue weighted by Crippen LogP contribution is -2.41. The number of hydrogen-bond acceptors (Lipinski definition) is 2. The van der Waals surface area contributed by atoms with Crippen LogP contribution in [0.3, 0.4) is 0 Å². The van der Waals surface area contributed by atoms with Crippen molar-refractivity contribution in [2.75, 3.05) is 19.6 Å². The molecule has 118 valence electrons. The Labute approximate surface area is 137 Å². The summed E-state index contributed by atoms with van der Waals surface area (Å²) in [5.74, 6) is 0.365. The molecule has 0 saturated heterocycles. The first-order chi connectivity index (χ1) is 11.3. The van der Waals surface area contributed by atoms with Crippen LogP contribution in [0.15, 0.2) is 67.3 Å². The maximum Gasteiger partial charge on any atom is 0.234 e. The highest BCUT2D eigenvalue weighted by Crippen LogP contribution is 2.33. The van der Waals surface area contributed by atoms with Crippen molar-refractivity contribution in [2.24, 2.45) is 0 Å². The first-order valence-electron chi connectivity index (χ1n) is 8.00. The molecule has 23 heavy (non-hydrogen) atoms. The summed E-state index contributed by atoms with van der Waals surface area (Å²) < 4.78 is 0. The molecule has 1 N–H and O–H groups in total. The number of nitrogens with one attached hydrogen (secondary N) is 1. The molecule has 0 radical (unpaired) electrons. The molecule has 1 heterocycles. The van der Waals surface area contributed by atoms with E-state index in [9.17, 15) is 4.79 Å². The number of benzene rings is 2. The van der Waals surface area contributed by atoms with Gasteiger partial charge in [-0.15, -0.1) is 6.58 Å². The van der Waals surface area contributed by atoms with Crippen LogP contribution in [0, 0.1) is 0 Å². The van der Waals surface area contributed by atoms with Gasteiger partial charge in [-0.1, -0.05) is 60.7 Å². The average Bonchev–Trinajstić information content (AvgIpc) is 2.60. The van der Waals surface area contributed by atoms with Crippen LogP contribution in [-0.4, -0.2) is 30.4 Å². The number of hydrogen-bond donors (Lipinski definition) is 1. The Morgan fingerprint density at radius 1 is 1.17 bits per heavy atom. The van der Waals surface area contributed by atoms with E-state index in [0.717, 1.165) is 13.1 Å². The predicted octanol–water partition coefficient (Wildman–Crippen LogP) is 2.94. The fourth-order valence-electron chi connectivity index (χ4n) is 3.22. The van der Waals surface area contributed by atoms with Crippen molar-refractivity contribution in [3.63, 3.8) is 0 Å². The highest BCUT2D eigenvalue weighted by molar-refractivity contribution is 5.78. The summed E-state index contributed by atoms with van der Waals surface area (Å²) in [5, 5.41) is 2.86. The van der Waals surface area contributed by atoms with E-state index in [1.807, 2.05) is 6.07 Å². The Balaban J connectivity index is 1.82. The van der Waals surface area contributed by atoms with Crippen LogP contribution in [0.5, 0.6) is 0 Å². The molecule has 0 bridgehead atoms. The molecule has 1 atom stereocenters. The number of carbonyl (C=O) groups is 1. The van der Waals surface area contributed by atoms with Gasteiger partial charge in [0.25, 0.3) is 0 Å². The average molecular weight is 306 g/mol. The Morgan fingerprint density at radius 2 is 1.91 bits per heavy atom. The van der Waals surface area contributed by atoms with Crippen molar-refractivity contribution in [1.82, 2.24) is 10.2 Å². The summed E-state index contributed by atoms with van der Waals surface area (Å²) in [6.45, 7) is 6.26. The first kappa shape index (κ1) is 15.5. The van der Waals surface area contributed by atoms with Gasteiger partial charge in [-0.2, -0.15) is 0 Å². The molecule has 1 aliphatic rings. The normalized spacial score (nSPS) is 17.3. The highest BCUT2D eigenvalue weighted by atomic mass is 16.2. The van der Waals surface area contributed by atoms with Gasteiger partial charge in [0.15, 0.2) is 0 Å². The lowest BCUT2D eigenvalue weighted by atomic mass is 9.85. The Morgan fingerprint density at radius 3 is 2.70 bits per heavy atom. The summed E-state index contributed by atoms with van der Waals surface area (Å²) in [5.41, 5.74) is 3.99. The molecule has 0 fully saturated rings. The quantitative estimate of drug-likeness (QED) is 0.862. The molecule has 0 saturated carbocycles. The summed E-state index contributed by atoms with van der Waals surface area (Å²) in [6.07, 6.45) is 1.70. The fourth-order valence-corrected chi connectivity index (χ4v) is 3.22. The number of amides is 1. The van der Waals surface area contributed by atoms with E-state index < -0.39 is 0 Å². The fraction of sp³-hybridized carbons (Fsp3) is 0.250. The first-order valence-corrected chi connectivity index (χ1v) is 8.00. The van der Waals surface area contributed by atoms with Gasteiger partial charge < -0.3 is 5.32 Å². The smallest absolute Gasteiger partial charge is 0.234 e. The zero-order valence-corrected chi connectivity index (χ0v) is 13.2. The number of nitrogens with zero attached hydrogens (tertiary/aromatic N) is 1. The van der Waals surface area contributed by atoms with Crippen molar-refractivity contribution in [3.05, 3.63) is 83.9 Å². The van der Waals surface area contributed by atoms with Crippen molar-refractivity contribution in [2.45, 2.75) is 12.5 Å². The van der Waals surface area contributed by atoms with Crippen molar-refractivity contribution < 1.29 is 4.79 Å². The highest BCUT2D eigenvalue weighted by Gasteiger charge is 2.27. The predicted molar refractivity (Wildman–Crippen MR) is 93.2 cm³/mol. The van der Waals surface area contributed by atoms with E-state index in [1.54, 1.807) is 6.08 Å². The third-order valence-corrected chi connectivity index (χ3v) is 4.28. The summed E-state index contributed by atoms with van der Waals surface area (Å²) in [7, 11) is 0. The van der Waals surface area contributed by atoms with Crippen molar-refractivity contribution in [3.8, 4) is 0 Å². The molecule has 0 spiro atoms. The lowest BCUT2D eigenvalue weighted by molar-refractivity contribution is -0.122. The van der Waals surface area contributed by atoms with Crippen LogP contribution >= 0.6 is 0 Å². The number of rotatable bonds is 5. The van der Waals surface area contributed by atoms with Crippen LogP contribution < -0.4 is 5.32 Å². The van der Waals surface area contributed by atoms with Crippen LogP contribution in [0.2, 0.25) is 0 Å². The minimum Gasteiger partial charge on any atom is -0.352 e. The van der Waals surface area contributed by atoms with E-state index in [4.69, 9.17) is 0 Å². The molecule has 2 aromatic carbocycles. The number of fused-ring (bicyclic) bond motifs is 1. The van der Waals surface area contributed by atoms with E-state index in [-0.39, 0.29) is 5.91 Å². The Hall–Kier alpha value is -2.39. The zero-order chi connectivity index (χ0) is 16.1. The van der Waals surface area contributed by atoms with Crippen LogP contribution in [-0.2, 0) is 11.3 Å². The summed E-state index contributed by atoms with van der Waals surface area (Å²) in [6, 6.07) is 19.1. The zero-order valence-electron chi connectivity index (χ0n) is 13.2. The third kappa shape index (κ3) is 3.69. The molecule has 3 heteroatoms. The minimum atomic E-state index is 0.0519. The molecule has 0 aromatic heterocycles. The third-order valence-electron chi connectivity index (χ3n) is 4.28. The summed E-state index contributed by atoms with van der Waals surface area (Å²) in [4.78, 5) is 14.2. The number of carbonyl (C=O) groups excluding carboxylic acids is 1. The topological polar surface area (TPSA) is 32.3 Å². The SMILES string of the molecule is C=CCNC(=O)CN1Cc2ccccc2[C@H](c2ccccc2)C1. The Bertz CT molecular complexity index is 681. The van der Waals surface area contributed by atoms with Gasteiger partial charge >= 0.3 is 0 Å².